The highest BCUT2D eigenvalue weighted by atomic mass is 32.2. The average Bonchev–Trinajstić information content (AvgIpc) is 3.11. The molecule has 7 heteroatoms. The van der Waals surface area contributed by atoms with Crippen LogP contribution in [0.3, 0.4) is 0 Å². The minimum Gasteiger partial charge on any atom is -0.497 e. The fourth-order valence-electron chi connectivity index (χ4n) is 3.90. The third-order valence-electron chi connectivity index (χ3n) is 5.70. The van der Waals surface area contributed by atoms with Crippen molar-refractivity contribution < 1.29 is 9.53 Å². The second-order valence-corrected chi connectivity index (χ2v) is 9.98. The van der Waals surface area contributed by atoms with Crippen LogP contribution in [0.2, 0.25) is 0 Å². The summed E-state index contributed by atoms with van der Waals surface area (Å²) in [7, 11) is 1.66. The first-order valence-electron chi connectivity index (χ1n) is 10.9. The number of hydrogen-bond acceptors (Lipinski definition) is 5. The smallest absolute Gasteiger partial charge is 0.233 e. The van der Waals surface area contributed by atoms with Gasteiger partial charge in [-0.2, -0.15) is 0 Å². The van der Waals surface area contributed by atoms with E-state index in [1.54, 1.807) is 7.11 Å². The van der Waals surface area contributed by atoms with Gasteiger partial charge in [-0.05, 0) is 55.9 Å². The van der Waals surface area contributed by atoms with E-state index in [4.69, 9.17) is 4.74 Å². The molecule has 1 saturated carbocycles. The average molecular weight is 431 g/mol. The molecule has 164 valence electrons. The number of thioether (sulfide) groups is 1. The van der Waals surface area contributed by atoms with Crippen LogP contribution in [0.5, 0.6) is 5.75 Å². The number of rotatable bonds is 8. The van der Waals surface area contributed by atoms with Crippen molar-refractivity contribution >= 4 is 17.7 Å². The lowest BCUT2D eigenvalue weighted by atomic mass is 9.86. The van der Waals surface area contributed by atoms with Gasteiger partial charge in [0.15, 0.2) is 11.0 Å². The zero-order valence-electron chi connectivity index (χ0n) is 18.7. The van der Waals surface area contributed by atoms with Gasteiger partial charge in [-0.25, -0.2) is 0 Å². The van der Waals surface area contributed by atoms with Gasteiger partial charge in [0.2, 0.25) is 5.91 Å². The van der Waals surface area contributed by atoms with Gasteiger partial charge in [0.25, 0.3) is 0 Å². The molecule has 1 amide bonds. The first-order chi connectivity index (χ1) is 14.4. The molecule has 1 aromatic carbocycles. The Hall–Kier alpha value is -2.02. The number of nitrogens with one attached hydrogen (secondary N) is 1. The molecule has 2 aromatic rings. The summed E-state index contributed by atoms with van der Waals surface area (Å²) in [5, 5.41) is 12.7. The summed E-state index contributed by atoms with van der Waals surface area (Å²) in [4.78, 5) is 12.8. The molecule has 6 nitrogen and oxygen atoms in total. The van der Waals surface area contributed by atoms with Gasteiger partial charge in [-0.3, -0.25) is 4.79 Å². The number of ether oxygens (including phenoxy) is 1. The summed E-state index contributed by atoms with van der Waals surface area (Å²) in [5.41, 5.74) is 0.990. The fraction of sp³-hybridized carbons (Fsp3) is 0.609. The van der Waals surface area contributed by atoms with E-state index in [2.05, 4.69) is 40.9 Å². The van der Waals surface area contributed by atoms with Crippen molar-refractivity contribution in [3.05, 3.63) is 24.3 Å². The second kappa shape index (κ2) is 10.3. The summed E-state index contributed by atoms with van der Waals surface area (Å²) in [6.45, 7) is 9.33. The van der Waals surface area contributed by atoms with Crippen LogP contribution in [-0.4, -0.2) is 39.1 Å². The van der Waals surface area contributed by atoms with Gasteiger partial charge in [0, 0.05) is 18.2 Å². The zero-order chi connectivity index (χ0) is 21.7. The van der Waals surface area contributed by atoms with Crippen LogP contribution in [0.1, 0.15) is 53.4 Å². The van der Waals surface area contributed by atoms with Gasteiger partial charge in [0.05, 0.1) is 12.4 Å². The summed E-state index contributed by atoms with van der Waals surface area (Å²) in [5.74, 6) is 2.70. The van der Waals surface area contributed by atoms with E-state index in [9.17, 15) is 4.79 Å². The topological polar surface area (TPSA) is 69.0 Å². The Kier molecular flexibility index (Phi) is 7.81. The Morgan fingerprint density at radius 2 is 1.90 bits per heavy atom. The Morgan fingerprint density at radius 1 is 1.20 bits per heavy atom. The van der Waals surface area contributed by atoms with Crippen LogP contribution >= 0.6 is 11.8 Å². The summed E-state index contributed by atoms with van der Waals surface area (Å²) >= 11 is 1.49. The van der Waals surface area contributed by atoms with E-state index < -0.39 is 0 Å². The van der Waals surface area contributed by atoms with Crippen LogP contribution in [0, 0.1) is 11.8 Å². The maximum Gasteiger partial charge on any atom is 0.233 e. The van der Waals surface area contributed by atoms with Crippen molar-refractivity contribution in [1.29, 1.82) is 0 Å². The van der Waals surface area contributed by atoms with E-state index >= 15 is 0 Å². The molecule has 1 aliphatic rings. The van der Waals surface area contributed by atoms with Crippen LogP contribution < -0.4 is 10.1 Å². The molecule has 0 saturated heterocycles. The molecule has 0 spiro atoms. The van der Waals surface area contributed by atoms with Crippen LogP contribution in [0.4, 0.5) is 0 Å². The minimum absolute atomic E-state index is 0.0869. The van der Waals surface area contributed by atoms with E-state index in [1.807, 2.05) is 31.2 Å². The molecule has 30 heavy (non-hydrogen) atoms. The molecule has 0 aliphatic heterocycles. The van der Waals surface area contributed by atoms with E-state index in [1.165, 1.54) is 31.0 Å². The van der Waals surface area contributed by atoms with Crippen molar-refractivity contribution in [2.75, 3.05) is 7.11 Å². The Labute approximate surface area is 184 Å². The molecule has 1 aliphatic carbocycles. The Morgan fingerprint density at radius 3 is 2.53 bits per heavy atom. The molecule has 1 N–H and O–H groups in total. The summed E-state index contributed by atoms with van der Waals surface area (Å²) in [6.07, 6.45) is 4.74. The number of benzene rings is 1. The molecular formula is C23H34N4O2S. The van der Waals surface area contributed by atoms with E-state index in [0.717, 1.165) is 35.3 Å². The highest BCUT2D eigenvalue weighted by Crippen LogP contribution is 2.30. The van der Waals surface area contributed by atoms with Gasteiger partial charge in [-0.1, -0.05) is 45.4 Å². The standard InChI is InChI=1S/C23H34N4O2S/c1-15(2)14-27-21(18-10-12-19(29-5)13-11-18)25-26-23(27)30-17(4)22(28)24-20-9-7-6-8-16(20)3/h10-13,15-17,20H,6-9,14H2,1-5H3,(H,24,28)/t16-,17-,20+/m1/s1. The molecule has 1 fully saturated rings. The maximum atomic E-state index is 12.8. The monoisotopic (exact) mass is 430 g/mol. The van der Waals surface area contributed by atoms with Gasteiger partial charge in [0.1, 0.15) is 5.75 Å². The number of hydrogen-bond donors (Lipinski definition) is 1. The largest absolute Gasteiger partial charge is 0.497 e. The number of nitrogens with zero attached hydrogens (tertiary/aromatic N) is 3. The van der Waals surface area contributed by atoms with Gasteiger partial charge in [-0.15, -0.1) is 10.2 Å². The van der Waals surface area contributed by atoms with Crippen LogP contribution in [0.15, 0.2) is 29.4 Å². The predicted octanol–water partition coefficient (Wildman–Crippen LogP) is 4.79. The van der Waals surface area contributed by atoms with E-state index in [0.29, 0.717) is 11.8 Å². The second-order valence-electron chi connectivity index (χ2n) is 8.68. The number of carbonyl (C=O) groups is 1. The lowest BCUT2D eigenvalue weighted by Gasteiger charge is -2.30. The number of amides is 1. The Bertz CT molecular complexity index is 834. The third-order valence-corrected chi connectivity index (χ3v) is 6.78. The minimum atomic E-state index is -0.224. The fourth-order valence-corrected chi connectivity index (χ4v) is 4.77. The molecule has 3 atom stereocenters. The SMILES string of the molecule is COc1ccc(-c2nnc(S[C@H](C)C(=O)N[C@H]3CCCC[C@H]3C)n2CC(C)C)cc1. The highest BCUT2D eigenvalue weighted by Gasteiger charge is 2.26. The lowest BCUT2D eigenvalue weighted by Crippen LogP contribution is -2.44. The quantitative estimate of drug-likeness (QED) is 0.610. The van der Waals surface area contributed by atoms with Gasteiger partial charge >= 0.3 is 0 Å². The van der Waals surface area contributed by atoms with Crippen molar-refractivity contribution in [2.24, 2.45) is 11.8 Å². The lowest BCUT2D eigenvalue weighted by molar-refractivity contribution is -0.121. The molecule has 3 rings (SSSR count). The molecule has 1 aromatic heterocycles. The third kappa shape index (κ3) is 5.56. The molecule has 0 unspecified atom stereocenters. The highest BCUT2D eigenvalue weighted by molar-refractivity contribution is 8.00. The summed E-state index contributed by atoms with van der Waals surface area (Å²) < 4.78 is 7.39. The maximum absolute atomic E-state index is 12.8. The van der Waals surface area contributed by atoms with Crippen LogP contribution in [0.25, 0.3) is 11.4 Å². The first kappa shape index (κ1) is 22.7. The van der Waals surface area contributed by atoms with E-state index in [-0.39, 0.29) is 17.2 Å². The Balaban J connectivity index is 1.75. The molecule has 1 heterocycles. The number of aromatic nitrogens is 3. The first-order valence-corrected chi connectivity index (χ1v) is 11.8. The number of carbonyl (C=O) groups excluding carboxylic acids is 1. The molecule has 0 bridgehead atoms. The zero-order valence-corrected chi connectivity index (χ0v) is 19.5. The number of methoxy groups -OCH3 is 1. The molecular weight excluding hydrogens is 396 g/mol. The van der Waals surface area contributed by atoms with Crippen molar-refractivity contribution in [3.8, 4) is 17.1 Å². The van der Waals surface area contributed by atoms with Crippen LogP contribution in [-0.2, 0) is 11.3 Å². The molecule has 0 radical (unpaired) electrons. The van der Waals surface area contributed by atoms with Crippen molar-refractivity contribution in [3.63, 3.8) is 0 Å². The van der Waals surface area contributed by atoms with Crippen molar-refractivity contribution in [2.45, 2.75) is 76.4 Å². The predicted molar refractivity (Wildman–Crippen MR) is 122 cm³/mol. The summed E-state index contributed by atoms with van der Waals surface area (Å²) in [6, 6.07) is 8.14. The van der Waals surface area contributed by atoms with Gasteiger partial charge < -0.3 is 14.6 Å². The normalized spacial score (nSPS) is 20.2. The van der Waals surface area contributed by atoms with Crippen molar-refractivity contribution in [1.82, 2.24) is 20.1 Å².